The van der Waals surface area contributed by atoms with Crippen LogP contribution in [0.2, 0.25) is 5.02 Å². The summed E-state index contributed by atoms with van der Waals surface area (Å²) in [5, 5.41) is 0.674. The Morgan fingerprint density at radius 1 is 1.37 bits per heavy atom. The van der Waals surface area contributed by atoms with Gasteiger partial charge in [0.25, 0.3) is 0 Å². The van der Waals surface area contributed by atoms with Gasteiger partial charge in [0.1, 0.15) is 0 Å². The van der Waals surface area contributed by atoms with Crippen LogP contribution in [0.1, 0.15) is 12.5 Å². The van der Waals surface area contributed by atoms with Crippen LogP contribution < -0.4 is 4.74 Å². The molecule has 2 heterocycles. The molecule has 1 amide bonds. The molecular formula is C20H25ClN4O2. The van der Waals surface area contributed by atoms with Crippen molar-refractivity contribution in [2.75, 3.05) is 26.2 Å². The lowest BCUT2D eigenvalue weighted by atomic mass is 10.2. The Hall–Kier alpha value is -2.05. The standard InChI is InChI=1S/C20H25ClN4O2/c1-3-24-9-16-17(10-24)18(16)11-25(8-14-5-4-6-15(21)7-14)20(26)27-19-12-23(2)13-22-19/h4-7,12-13,16-18H,3,8-11H2,1-2H3. The molecule has 2 aliphatic rings. The fraction of sp³-hybridized carbons (Fsp3) is 0.500. The van der Waals surface area contributed by atoms with Crippen molar-refractivity contribution in [2.24, 2.45) is 24.8 Å². The molecule has 0 N–H and O–H groups in total. The van der Waals surface area contributed by atoms with Crippen molar-refractivity contribution in [3.63, 3.8) is 0 Å². The normalized spacial score (nSPS) is 23.9. The fourth-order valence-electron chi connectivity index (χ4n) is 4.18. The molecule has 1 aliphatic carbocycles. The van der Waals surface area contributed by atoms with Crippen LogP contribution in [0, 0.1) is 17.8 Å². The summed E-state index contributed by atoms with van der Waals surface area (Å²) in [6.07, 6.45) is 2.96. The Kier molecular flexibility index (Phi) is 5.10. The summed E-state index contributed by atoms with van der Waals surface area (Å²) in [7, 11) is 1.85. The molecule has 1 aromatic heterocycles. The van der Waals surface area contributed by atoms with Crippen LogP contribution in [0.4, 0.5) is 4.79 Å². The topological polar surface area (TPSA) is 50.6 Å². The average molecular weight is 389 g/mol. The Labute approximate surface area is 164 Å². The minimum Gasteiger partial charge on any atom is -0.389 e. The van der Waals surface area contributed by atoms with Gasteiger partial charge in [0, 0.05) is 38.2 Å². The molecule has 1 aromatic carbocycles. The van der Waals surface area contributed by atoms with E-state index in [0.717, 1.165) is 25.2 Å². The molecule has 27 heavy (non-hydrogen) atoms. The van der Waals surface area contributed by atoms with Gasteiger partial charge < -0.3 is 19.1 Å². The zero-order valence-corrected chi connectivity index (χ0v) is 16.5. The van der Waals surface area contributed by atoms with Crippen LogP contribution in [0.25, 0.3) is 0 Å². The maximum Gasteiger partial charge on any atom is 0.416 e. The monoisotopic (exact) mass is 388 g/mol. The second-order valence-electron chi connectivity index (χ2n) is 7.60. The van der Waals surface area contributed by atoms with E-state index in [1.54, 1.807) is 22.0 Å². The highest BCUT2D eigenvalue weighted by Crippen LogP contribution is 2.52. The number of imidazole rings is 1. The first-order valence-corrected chi connectivity index (χ1v) is 9.82. The van der Waals surface area contributed by atoms with Crippen molar-refractivity contribution in [2.45, 2.75) is 13.5 Å². The number of benzene rings is 1. The molecular weight excluding hydrogens is 364 g/mol. The molecule has 2 unspecified atom stereocenters. The van der Waals surface area contributed by atoms with E-state index in [2.05, 4.69) is 16.8 Å². The molecule has 1 saturated carbocycles. The number of aryl methyl sites for hydroxylation is 1. The maximum atomic E-state index is 12.8. The smallest absolute Gasteiger partial charge is 0.389 e. The second kappa shape index (κ2) is 7.52. The number of ether oxygens (including phenoxy) is 1. The third-order valence-electron chi connectivity index (χ3n) is 5.72. The Bertz CT molecular complexity index is 812. The van der Waals surface area contributed by atoms with Crippen molar-refractivity contribution in [3.05, 3.63) is 47.4 Å². The summed E-state index contributed by atoms with van der Waals surface area (Å²) < 4.78 is 7.26. The minimum absolute atomic E-state index is 0.326. The minimum atomic E-state index is -0.356. The van der Waals surface area contributed by atoms with Gasteiger partial charge in [0.2, 0.25) is 5.88 Å². The van der Waals surface area contributed by atoms with Crippen molar-refractivity contribution in [1.29, 1.82) is 0 Å². The zero-order chi connectivity index (χ0) is 19.0. The summed E-state index contributed by atoms with van der Waals surface area (Å²) in [5.41, 5.74) is 1.00. The largest absolute Gasteiger partial charge is 0.416 e. The summed E-state index contributed by atoms with van der Waals surface area (Å²) in [4.78, 5) is 21.2. The van der Waals surface area contributed by atoms with E-state index in [9.17, 15) is 4.79 Å². The summed E-state index contributed by atoms with van der Waals surface area (Å²) in [6, 6.07) is 7.63. The lowest BCUT2D eigenvalue weighted by molar-refractivity contribution is 0.141. The predicted molar refractivity (Wildman–Crippen MR) is 104 cm³/mol. The van der Waals surface area contributed by atoms with E-state index < -0.39 is 0 Å². The van der Waals surface area contributed by atoms with Gasteiger partial charge in [-0.25, -0.2) is 9.78 Å². The zero-order valence-electron chi connectivity index (χ0n) is 15.7. The highest BCUT2D eigenvalue weighted by Gasteiger charge is 2.55. The van der Waals surface area contributed by atoms with E-state index in [0.29, 0.717) is 41.7 Å². The highest BCUT2D eigenvalue weighted by molar-refractivity contribution is 6.30. The second-order valence-corrected chi connectivity index (χ2v) is 8.04. The van der Waals surface area contributed by atoms with E-state index >= 15 is 0 Å². The molecule has 1 saturated heterocycles. The number of hydrogen-bond donors (Lipinski definition) is 0. The van der Waals surface area contributed by atoms with Gasteiger partial charge in [0.05, 0.1) is 12.5 Å². The molecule has 4 rings (SSSR count). The Balaban J connectivity index is 1.44. The number of rotatable bonds is 6. The van der Waals surface area contributed by atoms with Crippen LogP contribution in [-0.4, -0.2) is 51.6 Å². The van der Waals surface area contributed by atoms with Crippen LogP contribution >= 0.6 is 11.6 Å². The average Bonchev–Trinajstić information content (AvgIpc) is 2.99. The fourth-order valence-corrected chi connectivity index (χ4v) is 4.39. The third kappa shape index (κ3) is 4.12. The van der Waals surface area contributed by atoms with Crippen LogP contribution in [0.3, 0.4) is 0 Å². The number of aromatic nitrogens is 2. The van der Waals surface area contributed by atoms with E-state index in [4.69, 9.17) is 16.3 Å². The van der Waals surface area contributed by atoms with Gasteiger partial charge >= 0.3 is 6.09 Å². The molecule has 0 radical (unpaired) electrons. The summed E-state index contributed by atoms with van der Waals surface area (Å²) >= 11 is 6.12. The first kappa shape index (κ1) is 18.3. The number of piperidine rings is 1. The van der Waals surface area contributed by atoms with Crippen LogP contribution in [-0.2, 0) is 13.6 Å². The summed E-state index contributed by atoms with van der Waals surface area (Å²) in [5.74, 6) is 2.29. The molecule has 1 aliphatic heterocycles. The van der Waals surface area contributed by atoms with Crippen molar-refractivity contribution >= 4 is 17.7 Å². The number of halogens is 1. The molecule has 2 aromatic rings. The first-order valence-electron chi connectivity index (χ1n) is 9.45. The van der Waals surface area contributed by atoms with E-state index in [1.807, 2.05) is 31.3 Å². The van der Waals surface area contributed by atoms with Crippen molar-refractivity contribution in [3.8, 4) is 5.88 Å². The van der Waals surface area contributed by atoms with Gasteiger partial charge in [-0.15, -0.1) is 0 Å². The van der Waals surface area contributed by atoms with Gasteiger partial charge in [-0.1, -0.05) is 30.7 Å². The number of likely N-dealkylation sites (tertiary alicyclic amines) is 1. The number of fused-ring (bicyclic) bond motifs is 1. The van der Waals surface area contributed by atoms with E-state index in [-0.39, 0.29) is 6.09 Å². The lowest BCUT2D eigenvalue weighted by Crippen LogP contribution is -2.36. The Morgan fingerprint density at radius 3 is 2.78 bits per heavy atom. The number of carbonyl (C=O) groups is 1. The van der Waals surface area contributed by atoms with Gasteiger partial charge in [-0.2, -0.15) is 0 Å². The number of carbonyl (C=O) groups excluding carboxylic acids is 1. The highest BCUT2D eigenvalue weighted by atomic mass is 35.5. The molecule has 7 heteroatoms. The van der Waals surface area contributed by atoms with Crippen LogP contribution in [0.5, 0.6) is 5.88 Å². The molecule has 144 valence electrons. The molecule has 0 spiro atoms. The molecule has 0 bridgehead atoms. The number of amides is 1. The third-order valence-corrected chi connectivity index (χ3v) is 5.95. The van der Waals surface area contributed by atoms with Crippen LogP contribution in [0.15, 0.2) is 36.8 Å². The first-order chi connectivity index (χ1) is 13.0. The Morgan fingerprint density at radius 2 is 2.15 bits per heavy atom. The predicted octanol–water partition coefficient (Wildman–Crippen LogP) is 3.27. The molecule has 6 nitrogen and oxygen atoms in total. The lowest BCUT2D eigenvalue weighted by Gasteiger charge is -2.24. The number of hydrogen-bond acceptors (Lipinski definition) is 4. The molecule has 2 atom stereocenters. The van der Waals surface area contributed by atoms with E-state index in [1.165, 1.54) is 0 Å². The van der Waals surface area contributed by atoms with Gasteiger partial charge in [-0.3, -0.25) is 0 Å². The molecule has 2 fully saturated rings. The summed E-state index contributed by atoms with van der Waals surface area (Å²) in [6.45, 7) is 6.80. The number of nitrogens with zero attached hydrogens (tertiary/aromatic N) is 4. The van der Waals surface area contributed by atoms with Crippen molar-refractivity contribution in [1.82, 2.24) is 19.4 Å². The van der Waals surface area contributed by atoms with Gasteiger partial charge in [-0.05, 0) is 42.0 Å². The van der Waals surface area contributed by atoms with Crippen molar-refractivity contribution < 1.29 is 9.53 Å². The quantitative estimate of drug-likeness (QED) is 0.762. The SMILES string of the molecule is CCN1CC2C(C1)C2CN(Cc1cccc(Cl)c1)C(=O)Oc1cn(C)cn1. The van der Waals surface area contributed by atoms with Gasteiger partial charge in [0.15, 0.2) is 0 Å². The maximum absolute atomic E-state index is 12.8.